The van der Waals surface area contributed by atoms with Crippen molar-refractivity contribution in [2.45, 2.75) is 44.1 Å². The van der Waals surface area contributed by atoms with Gasteiger partial charge in [0.2, 0.25) is 0 Å². The summed E-state index contributed by atoms with van der Waals surface area (Å²) in [4.78, 5) is 0. The first-order valence-corrected chi connectivity index (χ1v) is 6.23. The standard InChI is InChI=1S/C14H20FNO/c1-10-3-2-4-12(15)13(10)14(9-16)7-5-11(17)6-8-14/h2-4,11,17H,5-9,16H2,1H3. The number of aryl methyl sites for hydroxylation is 1. The second-order valence-corrected chi connectivity index (χ2v) is 5.15. The van der Waals surface area contributed by atoms with Gasteiger partial charge in [-0.15, -0.1) is 0 Å². The highest BCUT2D eigenvalue weighted by molar-refractivity contribution is 5.36. The number of aliphatic hydroxyl groups excluding tert-OH is 1. The number of aliphatic hydroxyl groups is 1. The number of halogens is 1. The van der Waals surface area contributed by atoms with Gasteiger partial charge in [0, 0.05) is 12.0 Å². The van der Waals surface area contributed by atoms with Crippen molar-refractivity contribution in [2.75, 3.05) is 6.54 Å². The number of nitrogens with two attached hydrogens (primary N) is 1. The van der Waals surface area contributed by atoms with Crippen molar-refractivity contribution in [3.8, 4) is 0 Å². The smallest absolute Gasteiger partial charge is 0.127 e. The van der Waals surface area contributed by atoms with Crippen LogP contribution in [-0.2, 0) is 5.41 Å². The van der Waals surface area contributed by atoms with Crippen molar-refractivity contribution in [2.24, 2.45) is 5.73 Å². The van der Waals surface area contributed by atoms with Crippen LogP contribution in [0.25, 0.3) is 0 Å². The van der Waals surface area contributed by atoms with Gasteiger partial charge in [-0.2, -0.15) is 0 Å². The molecule has 94 valence electrons. The van der Waals surface area contributed by atoms with Gasteiger partial charge in [-0.3, -0.25) is 0 Å². The van der Waals surface area contributed by atoms with E-state index in [-0.39, 0.29) is 17.3 Å². The summed E-state index contributed by atoms with van der Waals surface area (Å²) in [6.07, 6.45) is 2.72. The molecule has 3 N–H and O–H groups in total. The lowest BCUT2D eigenvalue weighted by molar-refractivity contribution is 0.0960. The second-order valence-electron chi connectivity index (χ2n) is 5.15. The summed E-state index contributed by atoms with van der Waals surface area (Å²) in [5.74, 6) is -0.160. The summed E-state index contributed by atoms with van der Waals surface area (Å²) in [5, 5.41) is 9.59. The van der Waals surface area contributed by atoms with Crippen molar-refractivity contribution >= 4 is 0 Å². The molecule has 0 aliphatic heterocycles. The molecule has 0 radical (unpaired) electrons. The minimum atomic E-state index is -0.283. The van der Waals surface area contributed by atoms with E-state index < -0.39 is 0 Å². The third-order valence-electron chi connectivity index (χ3n) is 4.06. The SMILES string of the molecule is Cc1cccc(F)c1C1(CN)CCC(O)CC1. The van der Waals surface area contributed by atoms with Crippen molar-refractivity contribution in [1.82, 2.24) is 0 Å². The molecule has 0 saturated heterocycles. The lowest BCUT2D eigenvalue weighted by Crippen LogP contribution is -2.41. The van der Waals surface area contributed by atoms with E-state index in [1.54, 1.807) is 6.07 Å². The maximum atomic E-state index is 14.0. The van der Waals surface area contributed by atoms with Gasteiger partial charge in [-0.05, 0) is 49.8 Å². The van der Waals surface area contributed by atoms with E-state index in [2.05, 4.69) is 0 Å². The molecule has 0 amide bonds. The molecular formula is C14H20FNO. The van der Waals surface area contributed by atoms with Gasteiger partial charge >= 0.3 is 0 Å². The monoisotopic (exact) mass is 237 g/mol. The highest BCUT2D eigenvalue weighted by atomic mass is 19.1. The summed E-state index contributed by atoms with van der Waals surface area (Å²) in [7, 11) is 0. The van der Waals surface area contributed by atoms with E-state index in [4.69, 9.17) is 5.73 Å². The van der Waals surface area contributed by atoms with Gasteiger partial charge in [0.25, 0.3) is 0 Å². The van der Waals surface area contributed by atoms with E-state index in [0.717, 1.165) is 24.0 Å². The molecular weight excluding hydrogens is 217 g/mol. The van der Waals surface area contributed by atoms with Crippen LogP contribution in [0.2, 0.25) is 0 Å². The fourth-order valence-corrected chi connectivity index (χ4v) is 3.01. The van der Waals surface area contributed by atoms with Crippen LogP contribution in [0.15, 0.2) is 18.2 Å². The number of hydrogen-bond acceptors (Lipinski definition) is 2. The molecule has 0 heterocycles. The normalized spacial score (nSPS) is 29.3. The lowest BCUT2D eigenvalue weighted by Gasteiger charge is -2.39. The van der Waals surface area contributed by atoms with Crippen molar-refractivity contribution in [3.63, 3.8) is 0 Å². The van der Waals surface area contributed by atoms with E-state index in [1.165, 1.54) is 6.07 Å². The molecule has 0 aromatic heterocycles. The fourth-order valence-electron chi connectivity index (χ4n) is 3.01. The van der Waals surface area contributed by atoms with Gasteiger partial charge in [0.05, 0.1) is 6.10 Å². The van der Waals surface area contributed by atoms with Gasteiger partial charge in [0.1, 0.15) is 5.82 Å². The van der Waals surface area contributed by atoms with Gasteiger partial charge in [0.15, 0.2) is 0 Å². The molecule has 0 spiro atoms. The van der Waals surface area contributed by atoms with E-state index in [1.807, 2.05) is 13.0 Å². The zero-order valence-electron chi connectivity index (χ0n) is 10.2. The van der Waals surface area contributed by atoms with Crippen LogP contribution < -0.4 is 5.73 Å². The Bertz CT molecular complexity index is 377. The predicted octanol–water partition coefficient (Wildman–Crippen LogP) is 2.27. The molecule has 3 heteroatoms. The summed E-state index contributed by atoms with van der Waals surface area (Å²) in [6, 6.07) is 5.17. The Morgan fingerprint density at radius 2 is 2.06 bits per heavy atom. The summed E-state index contributed by atoms with van der Waals surface area (Å²) in [6.45, 7) is 2.38. The predicted molar refractivity (Wildman–Crippen MR) is 66.3 cm³/mol. The first kappa shape index (κ1) is 12.5. The molecule has 2 nitrogen and oxygen atoms in total. The lowest BCUT2D eigenvalue weighted by atomic mass is 9.67. The molecule has 2 rings (SSSR count). The zero-order valence-corrected chi connectivity index (χ0v) is 10.2. The van der Waals surface area contributed by atoms with E-state index in [0.29, 0.717) is 19.4 Å². The largest absolute Gasteiger partial charge is 0.393 e. The summed E-state index contributed by atoms with van der Waals surface area (Å²) < 4.78 is 14.0. The molecule has 1 fully saturated rings. The number of benzene rings is 1. The average Bonchev–Trinajstić information content (AvgIpc) is 2.32. The van der Waals surface area contributed by atoms with Crippen LogP contribution in [0.3, 0.4) is 0 Å². The maximum Gasteiger partial charge on any atom is 0.127 e. The van der Waals surface area contributed by atoms with E-state index in [9.17, 15) is 9.50 Å². The Labute approximate surface area is 102 Å². The van der Waals surface area contributed by atoms with Gasteiger partial charge < -0.3 is 10.8 Å². The van der Waals surface area contributed by atoms with Crippen LogP contribution in [-0.4, -0.2) is 17.8 Å². The third kappa shape index (κ3) is 2.22. The third-order valence-corrected chi connectivity index (χ3v) is 4.06. The molecule has 17 heavy (non-hydrogen) atoms. The highest BCUT2D eigenvalue weighted by Crippen LogP contribution is 2.41. The van der Waals surface area contributed by atoms with Crippen LogP contribution in [0.5, 0.6) is 0 Å². The van der Waals surface area contributed by atoms with Gasteiger partial charge in [-0.1, -0.05) is 12.1 Å². The number of hydrogen-bond donors (Lipinski definition) is 2. The minimum absolute atomic E-state index is 0.160. The Balaban J connectivity index is 2.41. The summed E-state index contributed by atoms with van der Waals surface area (Å²) in [5.41, 5.74) is 7.35. The Morgan fingerprint density at radius 3 is 2.59 bits per heavy atom. The quantitative estimate of drug-likeness (QED) is 0.828. The van der Waals surface area contributed by atoms with Gasteiger partial charge in [-0.25, -0.2) is 4.39 Å². The van der Waals surface area contributed by atoms with Crippen molar-refractivity contribution < 1.29 is 9.50 Å². The molecule has 1 aliphatic rings. The Kier molecular flexibility index (Phi) is 3.50. The number of rotatable bonds is 2. The summed E-state index contributed by atoms with van der Waals surface area (Å²) >= 11 is 0. The minimum Gasteiger partial charge on any atom is -0.393 e. The average molecular weight is 237 g/mol. The van der Waals surface area contributed by atoms with E-state index >= 15 is 0 Å². The first-order chi connectivity index (χ1) is 8.09. The van der Waals surface area contributed by atoms with Crippen LogP contribution in [0, 0.1) is 12.7 Å². The Morgan fingerprint density at radius 1 is 1.41 bits per heavy atom. The molecule has 0 bridgehead atoms. The maximum absolute atomic E-state index is 14.0. The topological polar surface area (TPSA) is 46.2 Å². The zero-order chi connectivity index (χ0) is 12.5. The first-order valence-electron chi connectivity index (χ1n) is 6.23. The fraction of sp³-hybridized carbons (Fsp3) is 0.571. The van der Waals surface area contributed by atoms with Crippen molar-refractivity contribution in [1.29, 1.82) is 0 Å². The Hall–Kier alpha value is -0.930. The molecule has 1 saturated carbocycles. The molecule has 0 atom stereocenters. The highest BCUT2D eigenvalue weighted by Gasteiger charge is 2.38. The van der Waals surface area contributed by atoms with Crippen LogP contribution >= 0.6 is 0 Å². The molecule has 1 aromatic rings. The second kappa shape index (κ2) is 4.75. The van der Waals surface area contributed by atoms with Crippen LogP contribution in [0.4, 0.5) is 4.39 Å². The molecule has 1 aliphatic carbocycles. The molecule has 0 unspecified atom stereocenters. The van der Waals surface area contributed by atoms with Crippen LogP contribution in [0.1, 0.15) is 36.8 Å². The molecule has 1 aromatic carbocycles. The van der Waals surface area contributed by atoms with Crippen molar-refractivity contribution in [3.05, 3.63) is 35.1 Å².